The molecule has 0 unspecified atom stereocenters. The van der Waals surface area contributed by atoms with Crippen LogP contribution in [0.4, 0.5) is 11.6 Å². The fourth-order valence-electron chi connectivity index (χ4n) is 5.17. The number of aromatic nitrogens is 3. The smallest absolute Gasteiger partial charge is 0.309 e. The molecule has 7 nitrogen and oxygen atoms in total. The van der Waals surface area contributed by atoms with E-state index in [1.165, 1.54) is 11.3 Å². The Labute approximate surface area is 211 Å². The molecule has 0 bridgehead atoms. The van der Waals surface area contributed by atoms with E-state index in [4.69, 9.17) is 4.74 Å². The van der Waals surface area contributed by atoms with Crippen LogP contribution < -0.4 is 5.32 Å². The summed E-state index contributed by atoms with van der Waals surface area (Å²) in [7, 11) is 0. The highest BCUT2D eigenvalue weighted by Gasteiger charge is 2.47. The molecular formula is C27H34N4O3S. The maximum Gasteiger partial charge on any atom is 0.309 e. The van der Waals surface area contributed by atoms with Crippen LogP contribution in [0.1, 0.15) is 56.8 Å². The second-order valence-corrected chi connectivity index (χ2v) is 11.2. The van der Waals surface area contributed by atoms with Crippen molar-refractivity contribution in [1.82, 2.24) is 15.0 Å². The lowest BCUT2D eigenvalue weighted by atomic mass is 9.67. The Morgan fingerprint density at radius 3 is 2.54 bits per heavy atom. The maximum absolute atomic E-state index is 12.6. The molecule has 4 rings (SSSR count). The Bertz CT molecular complexity index is 1200. The molecule has 1 fully saturated rings. The number of carbonyl (C=O) groups excluding carboxylic acids is 1. The third-order valence-corrected chi connectivity index (χ3v) is 7.73. The second-order valence-electron chi connectivity index (χ2n) is 10.2. The zero-order chi connectivity index (χ0) is 25.3. The quantitative estimate of drug-likeness (QED) is 0.419. The van der Waals surface area contributed by atoms with Crippen molar-refractivity contribution in [3.8, 4) is 10.4 Å². The Kier molecular flexibility index (Phi) is 7.24. The van der Waals surface area contributed by atoms with Crippen LogP contribution in [0.15, 0.2) is 36.7 Å². The number of anilines is 2. The topological polar surface area (TPSA) is 97.2 Å². The summed E-state index contributed by atoms with van der Waals surface area (Å²) in [5.74, 6) is 0.153. The second kappa shape index (κ2) is 10.0. The van der Waals surface area contributed by atoms with Crippen molar-refractivity contribution in [2.45, 2.75) is 66.1 Å². The van der Waals surface area contributed by atoms with Gasteiger partial charge in [0, 0.05) is 23.8 Å². The molecule has 0 saturated heterocycles. The van der Waals surface area contributed by atoms with Crippen LogP contribution in [0.25, 0.3) is 10.4 Å². The van der Waals surface area contributed by atoms with Crippen LogP contribution in [0.3, 0.4) is 0 Å². The highest BCUT2D eigenvalue weighted by atomic mass is 32.1. The van der Waals surface area contributed by atoms with Gasteiger partial charge in [0.2, 0.25) is 5.95 Å². The third kappa shape index (κ3) is 5.70. The largest absolute Gasteiger partial charge is 0.463 e. The monoisotopic (exact) mass is 494 g/mol. The summed E-state index contributed by atoms with van der Waals surface area (Å²) in [4.78, 5) is 27.0. The number of aryl methyl sites for hydroxylation is 2. The average molecular weight is 495 g/mol. The minimum absolute atomic E-state index is 0.00792. The molecule has 4 atom stereocenters. The number of thiazole rings is 1. The molecule has 2 heterocycles. The number of carbonyl (C=O) groups is 1. The Balaban J connectivity index is 1.55. The first-order valence-electron chi connectivity index (χ1n) is 12.1. The van der Waals surface area contributed by atoms with Gasteiger partial charge in [0.25, 0.3) is 0 Å². The van der Waals surface area contributed by atoms with Gasteiger partial charge < -0.3 is 15.2 Å². The lowest BCUT2D eigenvalue weighted by molar-refractivity contribution is -0.163. The molecular weight excluding hydrogens is 460 g/mol. The number of rotatable bonds is 6. The maximum atomic E-state index is 12.6. The first-order chi connectivity index (χ1) is 16.5. The Morgan fingerprint density at radius 1 is 1.17 bits per heavy atom. The van der Waals surface area contributed by atoms with Crippen LogP contribution in [-0.4, -0.2) is 32.1 Å². The van der Waals surface area contributed by atoms with E-state index in [-0.39, 0.29) is 29.8 Å². The van der Waals surface area contributed by atoms with E-state index in [1.807, 2.05) is 65.9 Å². The zero-order valence-electron chi connectivity index (χ0n) is 21.2. The summed E-state index contributed by atoms with van der Waals surface area (Å²) in [6.45, 7) is 11.7. The van der Waals surface area contributed by atoms with Crippen molar-refractivity contribution in [2.24, 2.45) is 17.8 Å². The van der Waals surface area contributed by atoms with Crippen molar-refractivity contribution in [2.75, 3.05) is 5.32 Å². The fourth-order valence-corrected chi connectivity index (χ4v) is 6.18. The van der Waals surface area contributed by atoms with Crippen LogP contribution in [0, 0.1) is 31.6 Å². The Morgan fingerprint density at radius 2 is 1.89 bits per heavy atom. The van der Waals surface area contributed by atoms with Gasteiger partial charge >= 0.3 is 5.97 Å². The van der Waals surface area contributed by atoms with E-state index < -0.39 is 5.60 Å². The lowest BCUT2D eigenvalue weighted by Gasteiger charge is -2.42. The van der Waals surface area contributed by atoms with E-state index in [9.17, 15) is 9.90 Å². The highest BCUT2D eigenvalue weighted by Crippen LogP contribution is 2.48. The summed E-state index contributed by atoms with van der Waals surface area (Å²) in [5, 5.41) is 15.6. The number of esters is 1. The van der Waals surface area contributed by atoms with Crippen LogP contribution in [0.5, 0.6) is 0 Å². The standard InChI is InChI=1S/C27H34N4O3S/c1-15(2)34-24(32)23-17(4)12-27(33,13-18(23)5)25-29-14-22(35-25)20-9-16(3)10-21(11-20)31-26-28-8-7-19(6)30-26/h7-11,14-15,17-18,23,33H,12-13H2,1-6H3,(H,28,30,31)/t17-,18+,23+,27-. The predicted octanol–water partition coefficient (Wildman–Crippen LogP) is 5.78. The van der Waals surface area contributed by atoms with Gasteiger partial charge in [0.1, 0.15) is 10.6 Å². The number of nitrogens with one attached hydrogen (secondary N) is 1. The van der Waals surface area contributed by atoms with Gasteiger partial charge in [-0.2, -0.15) is 0 Å². The predicted molar refractivity (Wildman–Crippen MR) is 139 cm³/mol. The third-order valence-electron chi connectivity index (χ3n) is 6.49. The molecule has 186 valence electrons. The van der Waals surface area contributed by atoms with Crippen molar-refractivity contribution in [3.05, 3.63) is 52.9 Å². The van der Waals surface area contributed by atoms with Crippen LogP contribution in [-0.2, 0) is 15.1 Å². The number of hydrogen-bond acceptors (Lipinski definition) is 8. The number of nitrogens with zero attached hydrogens (tertiary/aromatic N) is 3. The average Bonchev–Trinajstić information content (AvgIpc) is 3.23. The number of benzene rings is 1. The molecule has 1 aliphatic rings. The summed E-state index contributed by atoms with van der Waals surface area (Å²) in [6, 6.07) is 8.06. The molecule has 1 saturated carbocycles. The molecule has 1 aromatic carbocycles. The molecule has 0 aliphatic heterocycles. The summed E-state index contributed by atoms with van der Waals surface area (Å²) < 4.78 is 5.49. The highest BCUT2D eigenvalue weighted by molar-refractivity contribution is 7.15. The molecule has 2 aromatic heterocycles. The van der Waals surface area contributed by atoms with Gasteiger partial charge in [-0.1, -0.05) is 19.9 Å². The molecule has 2 N–H and O–H groups in total. The SMILES string of the molecule is Cc1cc(Nc2nccc(C)n2)cc(-c2cnc([C@@]3(O)C[C@@H](C)[C@H](C(=O)OC(C)C)[C@@H](C)C3)s2)c1. The zero-order valence-corrected chi connectivity index (χ0v) is 22.0. The van der Waals surface area contributed by atoms with Crippen LogP contribution >= 0.6 is 11.3 Å². The van der Waals surface area contributed by atoms with E-state index in [0.717, 1.165) is 27.4 Å². The first kappa shape index (κ1) is 25.3. The minimum Gasteiger partial charge on any atom is -0.463 e. The molecule has 3 aromatic rings. The first-order valence-corrected chi connectivity index (χ1v) is 12.9. The van der Waals surface area contributed by atoms with Crippen molar-refractivity contribution >= 4 is 28.9 Å². The molecule has 0 radical (unpaired) electrons. The van der Waals surface area contributed by atoms with Gasteiger partial charge in [-0.15, -0.1) is 11.3 Å². The van der Waals surface area contributed by atoms with Gasteiger partial charge in [-0.05, 0) is 81.7 Å². The Hall–Kier alpha value is -2.84. The van der Waals surface area contributed by atoms with Gasteiger partial charge in [-0.3, -0.25) is 4.79 Å². The summed E-state index contributed by atoms with van der Waals surface area (Å²) in [5.41, 5.74) is 2.84. The number of hydrogen-bond donors (Lipinski definition) is 2. The molecule has 0 amide bonds. The normalized spacial score (nSPS) is 24.4. The summed E-state index contributed by atoms with van der Waals surface area (Å²) in [6.07, 6.45) is 4.38. The van der Waals surface area contributed by atoms with E-state index in [0.29, 0.717) is 23.8 Å². The van der Waals surface area contributed by atoms with E-state index in [2.05, 4.69) is 26.3 Å². The lowest BCUT2D eigenvalue weighted by Crippen LogP contribution is -2.44. The minimum atomic E-state index is -1.06. The molecule has 0 spiro atoms. The summed E-state index contributed by atoms with van der Waals surface area (Å²) >= 11 is 1.51. The van der Waals surface area contributed by atoms with Crippen molar-refractivity contribution in [3.63, 3.8) is 0 Å². The van der Waals surface area contributed by atoms with E-state index >= 15 is 0 Å². The molecule has 8 heteroatoms. The molecule has 1 aliphatic carbocycles. The number of ether oxygens (including phenoxy) is 1. The van der Waals surface area contributed by atoms with Gasteiger partial charge in [0.15, 0.2) is 0 Å². The van der Waals surface area contributed by atoms with E-state index in [1.54, 1.807) is 6.20 Å². The molecule has 35 heavy (non-hydrogen) atoms. The number of aliphatic hydroxyl groups is 1. The van der Waals surface area contributed by atoms with Crippen molar-refractivity contribution < 1.29 is 14.6 Å². The van der Waals surface area contributed by atoms with Gasteiger partial charge in [-0.25, -0.2) is 15.0 Å². The van der Waals surface area contributed by atoms with Crippen molar-refractivity contribution in [1.29, 1.82) is 0 Å². The van der Waals surface area contributed by atoms with Crippen LogP contribution in [0.2, 0.25) is 0 Å². The van der Waals surface area contributed by atoms with Gasteiger partial charge in [0.05, 0.1) is 16.9 Å². The fraction of sp³-hybridized carbons (Fsp3) is 0.481.